The number of nitrogens with zero attached hydrogens (tertiary/aromatic N) is 2. The van der Waals surface area contributed by atoms with Gasteiger partial charge in [0, 0.05) is 11.9 Å². The second kappa shape index (κ2) is 6.04. The lowest BCUT2D eigenvalue weighted by Gasteiger charge is -2.07. The van der Waals surface area contributed by atoms with E-state index < -0.39 is 0 Å². The van der Waals surface area contributed by atoms with Gasteiger partial charge in [-0.25, -0.2) is 0 Å². The summed E-state index contributed by atoms with van der Waals surface area (Å²) in [6.07, 6.45) is 3.56. The molecule has 5 nitrogen and oxygen atoms in total. The number of hydrogen-bond acceptors (Lipinski definition) is 3. The van der Waals surface area contributed by atoms with E-state index in [4.69, 9.17) is 4.74 Å². The zero-order valence-corrected chi connectivity index (χ0v) is 11.1. The molecule has 1 aromatic carbocycles. The van der Waals surface area contributed by atoms with Crippen molar-refractivity contribution in [3.63, 3.8) is 0 Å². The van der Waals surface area contributed by atoms with Gasteiger partial charge in [-0.05, 0) is 43.7 Å². The van der Waals surface area contributed by atoms with Crippen LogP contribution in [0.15, 0.2) is 36.7 Å². The number of anilines is 1. The first-order valence-electron chi connectivity index (χ1n) is 6.19. The first kappa shape index (κ1) is 13.1. The van der Waals surface area contributed by atoms with Crippen molar-refractivity contribution in [2.45, 2.75) is 20.4 Å². The van der Waals surface area contributed by atoms with Crippen molar-refractivity contribution in [3.05, 3.63) is 42.2 Å². The van der Waals surface area contributed by atoms with Gasteiger partial charge in [-0.3, -0.25) is 9.48 Å². The van der Waals surface area contributed by atoms with Gasteiger partial charge in [-0.15, -0.1) is 0 Å². The molecule has 1 heterocycles. The number of aromatic nitrogens is 2. The third-order valence-electron chi connectivity index (χ3n) is 2.52. The van der Waals surface area contributed by atoms with Gasteiger partial charge < -0.3 is 10.1 Å². The summed E-state index contributed by atoms with van der Waals surface area (Å²) in [7, 11) is 0. The minimum absolute atomic E-state index is 0.104. The summed E-state index contributed by atoms with van der Waals surface area (Å²) < 4.78 is 6.95. The molecule has 0 fully saturated rings. The molecule has 0 radical (unpaired) electrons. The van der Waals surface area contributed by atoms with Crippen LogP contribution < -0.4 is 10.1 Å². The van der Waals surface area contributed by atoms with E-state index in [2.05, 4.69) is 10.4 Å². The van der Waals surface area contributed by atoms with E-state index >= 15 is 0 Å². The molecule has 1 N–H and O–H groups in total. The van der Waals surface area contributed by atoms with Crippen molar-refractivity contribution in [2.75, 3.05) is 11.9 Å². The standard InChI is InChI=1S/C14H17N3O2/c1-3-19-13-6-4-12(5-7-13)16-14(18)10-17-9-11(2)8-15-17/h4-9H,3,10H2,1-2H3,(H,16,18). The number of ether oxygens (including phenoxy) is 1. The van der Waals surface area contributed by atoms with Crippen LogP contribution in [0.4, 0.5) is 5.69 Å². The summed E-state index contributed by atoms with van der Waals surface area (Å²) in [6, 6.07) is 7.29. The van der Waals surface area contributed by atoms with Crippen LogP contribution in [-0.2, 0) is 11.3 Å². The van der Waals surface area contributed by atoms with Crippen LogP contribution in [0.25, 0.3) is 0 Å². The van der Waals surface area contributed by atoms with Crippen LogP contribution in [0, 0.1) is 6.92 Å². The van der Waals surface area contributed by atoms with Crippen LogP contribution in [0.2, 0.25) is 0 Å². The number of carbonyl (C=O) groups is 1. The zero-order chi connectivity index (χ0) is 13.7. The zero-order valence-electron chi connectivity index (χ0n) is 11.1. The Bertz CT molecular complexity index is 546. The highest BCUT2D eigenvalue weighted by Gasteiger charge is 2.04. The summed E-state index contributed by atoms with van der Waals surface area (Å²) in [5, 5.41) is 6.89. The smallest absolute Gasteiger partial charge is 0.246 e. The van der Waals surface area contributed by atoms with Crippen molar-refractivity contribution < 1.29 is 9.53 Å². The SMILES string of the molecule is CCOc1ccc(NC(=O)Cn2cc(C)cn2)cc1. The predicted octanol–water partition coefficient (Wildman–Crippen LogP) is 2.23. The molecule has 0 unspecified atom stereocenters. The molecule has 0 saturated heterocycles. The average Bonchev–Trinajstić information content (AvgIpc) is 2.77. The Morgan fingerprint density at radius 1 is 1.37 bits per heavy atom. The van der Waals surface area contributed by atoms with Crippen molar-refractivity contribution in [3.8, 4) is 5.75 Å². The maximum atomic E-state index is 11.8. The molecular weight excluding hydrogens is 242 g/mol. The predicted molar refractivity (Wildman–Crippen MR) is 73.2 cm³/mol. The molecule has 2 aromatic rings. The van der Waals surface area contributed by atoms with Crippen molar-refractivity contribution >= 4 is 11.6 Å². The number of hydrogen-bond donors (Lipinski definition) is 1. The highest BCUT2D eigenvalue weighted by Crippen LogP contribution is 2.15. The molecule has 0 bridgehead atoms. The van der Waals surface area contributed by atoms with Crippen LogP contribution in [0.1, 0.15) is 12.5 Å². The molecule has 1 aromatic heterocycles. The Kier molecular flexibility index (Phi) is 4.18. The number of nitrogens with one attached hydrogen (secondary N) is 1. The summed E-state index contributed by atoms with van der Waals surface area (Å²) in [4.78, 5) is 11.8. The first-order chi connectivity index (χ1) is 9.17. The Morgan fingerprint density at radius 3 is 2.68 bits per heavy atom. The summed E-state index contributed by atoms with van der Waals surface area (Å²) in [6.45, 7) is 4.71. The lowest BCUT2D eigenvalue weighted by molar-refractivity contribution is -0.116. The maximum Gasteiger partial charge on any atom is 0.246 e. The second-order valence-electron chi connectivity index (χ2n) is 4.22. The molecule has 0 aliphatic carbocycles. The minimum atomic E-state index is -0.104. The van der Waals surface area contributed by atoms with E-state index in [1.165, 1.54) is 0 Å². The van der Waals surface area contributed by atoms with Crippen molar-refractivity contribution in [1.29, 1.82) is 0 Å². The molecule has 2 rings (SSSR count). The first-order valence-corrected chi connectivity index (χ1v) is 6.19. The normalized spacial score (nSPS) is 10.2. The van der Waals surface area contributed by atoms with E-state index in [0.29, 0.717) is 6.61 Å². The highest BCUT2D eigenvalue weighted by molar-refractivity contribution is 5.90. The average molecular weight is 259 g/mol. The van der Waals surface area contributed by atoms with Crippen molar-refractivity contribution in [1.82, 2.24) is 9.78 Å². The van der Waals surface area contributed by atoms with Crippen LogP contribution in [-0.4, -0.2) is 22.3 Å². The Morgan fingerprint density at radius 2 is 2.11 bits per heavy atom. The number of aryl methyl sites for hydroxylation is 1. The lowest BCUT2D eigenvalue weighted by atomic mass is 10.3. The van der Waals surface area contributed by atoms with Crippen molar-refractivity contribution in [2.24, 2.45) is 0 Å². The van der Waals surface area contributed by atoms with Gasteiger partial charge >= 0.3 is 0 Å². The fourth-order valence-corrected chi connectivity index (χ4v) is 1.70. The molecule has 0 spiro atoms. The number of carbonyl (C=O) groups excluding carboxylic acids is 1. The molecule has 0 aliphatic heterocycles. The van der Waals surface area contributed by atoms with E-state index in [0.717, 1.165) is 17.0 Å². The Labute approximate surface area is 112 Å². The highest BCUT2D eigenvalue weighted by atomic mass is 16.5. The molecule has 5 heteroatoms. The molecular formula is C14H17N3O2. The number of rotatable bonds is 5. The number of benzene rings is 1. The monoisotopic (exact) mass is 259 g/mol. The lowest BCUT2D eigenvalue weighted by Crippen LogP contribution is -2.18. The molecule has 100 valence electrons. The fourth-order valence-electron chi connectivity index (χ4n) is 1.70. The van der Waals surface area contributed by atoms with E-state index in [1.54, 1.807) is 10.9 Å². The second-order valence-corrected chi connectivity index (χ2v) is 4.22. The molecule has 19 heavy (non-hydrogen) atoms. The van der Waals surface area contributed by atoms with Gasteiger partial charge in [0.25, 0.3) is 0 Å². The molecule has 0 atom stereocenters. The van der Waals surface area contributed by atoms with Gasteiger partial charge in [0.05, 0.1) is 12.8 Å². The molecule has 0 aliphatic rings. The topological polar surface area (TPSA) is 56.1 Å². The third-order valence-corrected chi connectivity index (χ3v) is 2.52. The maximum absolute atomic E-state index is 11.8. The van der Waals surface area contributed by atoms with Crippen LogP contribution >= 0.6 is 0 Å². The Hall–Kier alpha value is -2.30. The summed E-state index contributed by atoms with van der Waals surface area (Å²) in [5.74, 6) is 0.690. The van der Waals surface area contributed by atoms with Gasteiger partial charge in [0.1, 0.15) is 12.3 Å². The van der Waals surface area contributed by atoms with E-state index in [9.17, 15) is 4.79 Å². The van der Waals surface area contributed by atoms with Crippen LogP contribution in [0.5, 0.6) is 5.75 Å². The number of amides is 1. The van der Waals surface area contributed by atoms with Gasteiger partial charge in [-0.1, -0.05) is 0 Å². The molecule has 0 saturated carbocycles. The molecule has 1 amide bonds. The largest absolute Gasteiger partial charge is 0.494 e. The Balaban J connectivity index is 1.91. The summed E-state index contributed by atoms with van der Waals surface area (Å²) in [5.41, 5.74) is 1.78. The minimum Gasteiger partial charge on any atom is -0.494 e. The fraction of sp³-hybridized carbons (Fsp3) is 0.286. The van der Waals surface area contributed by atoms with E-state index in [-0.39, 0.29) is 12.5 Å². The van der Waals surface area contributed by atoms with E-state index in [1.807, 2.05) is 44.3 Å². The quantitative estimate of drug-likeness (QED) is 0.895. The van der Waals surface area contributed by atoms with Gasteiger partial charge in [0.2, 0.25) is 5.91 Å². The third kappa shape index (κ3) is 3.84. The van der Waals surface area contributed by atoms with Gasteiger partial charge in [-0.2, -0.15) is 5.10 Å². The van der Waals surface area contributed by atoms with Crippen LogP contribution in [0.3, 0.4) is 0 Å². The summed E-state index contributed by atoms with van der Waals surface area (Å²) >= 11 is 0. The van der Waals surface area contributed by atoms with Gasteiger partial charge in [0.15, 0.2) is 0 Å².